The SMILES string of the molecule is C=CCNc1nc(C)cn1CCCS(C)=O. The van der Waals surface area contributed by atoms with E-state index < -0.39 is 10.8 Å². The van der Waals surface area contributed by atoms with Crippen molar-refractivity contribution in [2.45, 2.75) is 19.9 Å². The molecule has 0 bridgehead atoms. The average Bonchev–Trinajstić information content (AvgIpc) is 2.55. The second-order valence-corrected chi connectivity index (χ2v) is 5.25. The van der Waals surface area contributed by atoms with Crippen molar-refractivity contribution in [1.29, 1.82) is 0 Å². The highest BCUT2D eigenvalue weighted by Crippen LogP contribution is 2.09. The molecule has 16 heavy (non-hydrogen) atoms. The first-order valence-electron chi connectivity index (χ1n) is 5.32. The first kappa shape index (κ1) is 13.0. The minimum Gasteiger partial charge on any atom is -0.352 e. The summed E-state index contributed by atoms with van der Waals surface area (Å²) >= 11 is 0. The fourth-order valence-electron chi connectivity index (χ4n) is 1.46. The second kappa shape index (κ2) is 6.48. The largest absolute Gasteiger partial charge is 0.352 e. The summed E-state index contributed by atoms with van der Waals surface area (Å²) in [4.78, 5) is 4.37. The molecule has 1 unspecified atom stereocenters. The Morgan fingerprint density at radius 3 is 3.06 bits per heavy atom. The molecular formula is C11H19N3OS. The van der Waals surface area contributed by atoms with Crippen LogP contribution >= 0.6 is 0 Å². The monoisotopic (exact) mass is 241 g/mol. The highest BCUT2D eigenvalue weighted by Gasteiger charge is 2.04. The van der Waals surface area contributed by atoms with Crippen molar-refractivity contribution in [1.82, 2.24) is 9.55 Å². The van der Waals surface area contributed by atoms with E-state index in [1.807, 2.05) is 13.1 Å². The topological polar surface area (TPSA) is 46.9 Å². The highest BCUT2D eigenvalue weighted by molar-refractivity contribution is 7.84. The molecule has 0 saturated heterocycles. The number of aryl methyl sites for hydroxylation is 2. The van der Waals surface area contributed by atoms with Gasteiger partial charge in [0.25, 0.3) is 0 Å². The lowest BCUT2D eigenvalue weighted by atomic mass is 10.4. The molecule has 0 aromatic carbocycles. The molecule has 0 fully saturated rings. The van der Waals surface area contributed by atoms with Crippen LogP contribution < -0.4 is 5.32 Å². The third-order valence-electron chi connectivity index (χ3n) is 2.13. The molecule has 4 nitrogen and oxygen atoms in total. The van der Waals surface area contributed by atoms with Gasteiger partial charge in [0.1, 0.15) is 0 Å². The lowest BCUT2D eigenvalue weighted by Gasteiger charge is -2.07. The van der Waals surface area contributed by atoms with Crippen LogP contribution in [0.3, 0.4) is 0 Å². The number of hydrogen-bond donors (Lipinski definition) is 1. The van der Waals surface area contributed by atoms with Crippen molar-refractivity contribution in [3.63, 3.8) is 0 Å². The zero-order valence-corrected chi connectivity index (χ0v) is 10.7. The predicted octanol–water partition coefficient (Wildman–Crippen LogP) is 1.56. The summed E-state index contributed by atoms with van der Waals surface area (Å²) in [6, 6.07) is 0. The number of imidazole rings is 1. The summed E-state index contributed by atoms with van der Waals surface area (Å²) in [6.07, 6.45) is 6.44. The number of anilines is 1. The lowest BCUT2D eigenvalue weighted by Crippen LogP contribution is -2.08. The van der Waals surface area contributed by atoms with Gasteiger partial charge in [-0.1, -0.05) is 6.08 Å². The number of aromatic nitrogens is 2. The maximum absolute atomic E-state index is 11.0. The summed E-state index contributed by atoms with van der Waals surface area (Å²) in [6.45, 7) is 7.18. The smallest absolute Gasteiger partial charge is 0.203 e. The summed E-state index contributed by atoms with van der Waals surface area (Å²) in [5.74, 6) is 1.59. The molecule has 0 spiro atoms. The molecule has 1 N–H and O–H groups in total. The Labute approximate surface area is 99.2 Å². The van der Waals surface area contributed by atoms with Crippen molar-refractivity contribution in [3.8, 4) is 0 Å². The molecule has 0 amide bonds. The van der Waals surface area contributed by atoms with Crippen molar-refractivity contribution < 1.29 is 4.21 Å². The van der Waals surface area contributed by atoms with E-state index in [2.05, 4.69) is 21.4 Å². The predicted molar refractivity (Wildman–Crippen MR) is 69.2 cm³/mol. The van der Waals surface area contributed by atoms with Gasteiger partial charge in [-0.3, -0.25) is 4.21 Å². The van der Waals surface area contributed by atoms with Crippen molar-refractivity contribution in [2.75, 3.05) is 23.9 Å². The fourth-order valence-corrected chi connectivity index (χ4v) is 2.00. The molecule has 1 aromatic heterocycles. The number of nitrogens with zero attached hydrogens (tertiary/aromatic N) is 2. The second-order valence-electron chi connectivity index (χ2n) is 3.70. The Morgan fingerprint density at radius 2 is 2.44 bits per heavy atom. The normalized spacial score (nSPS) is 12.4. The van der Waals surface area contributed by atoms with Gasteiger partial charge in [0, 0.05) is 42.1 Å². The third kappa shape index (κ3) is 4.18. The molecule has 1 atom stereocenters. The van der Waals surface area contributed by atoms with E-state index in [1.165, 1.54) is 0 Å². The zero-order chi connectivity index (χ0) is 12.0. The molecule has 1 aromatic rings. The van der Waals surface area contributed by atoms with Crippen LogP contribution in [0.4, 0.5) is 5.95 Å². The highest BCUT2D eigenvalue weighted by atomic mass is 32.2. The van der Waals surface area contributed by atoms with Crippen LogP contribution in [0.15, 0.2) is 18.9 Å². The van der Waals surface area contributed by atoms with Crippen molar-refractivity contribution in [3.05, 3.63) is 24.5 Å². The zero-order valence-electron chi connectivity index (χ0n) is 9.90. The molecule has 0 aliphatic heterocycles. The first-order chi connectivity index (χ1) is 7.63. The van der Waals surface area contributed by atoms with E-state index in [0.717, 1.165) is 30.4 Å². The van der Waals surface area contributed by atoms with Crippen LogP contribution in [0, 0.1) is 6.92 Å². The summed E-state index contributed by atoms with van der Waals surface area (Å²) in [5, 5.41) is 3.18. The van der Waals surface area contributed by atoms with Crippen LogP contribution in [0.25, 0.3) is 0 Å². The molecule has 0 saturated carbocycles. The number of hydrogen-bond acceptors (Lipinski definition) is 3. The Hall–Kier alpha value is -1.10. The van der Waals surface area contributed by atoms with Gasteiger partial charge in [-0.05, 0) is 13.3 Å². The molecular weight excluding hydrogens is 222 g/mol. The van der Waals surface area contributed by atoms with Gasteiger partial charge in [-0.15, -0.1) is 6.58 Å². The van der Waals surface area contributed by atoms with Gasteiger partial charge >= 0.3 is 0 Å². The Balaban J connectivity index is 2.55. The standard InChI is InChI=1S/C11H19N3OS/c1-4-6-12-11-13-10(2)9-14(11)7-5-8-16(3)15/h4,9H,1,5-8H2,2-3H3,(H,12,13). The summed E-state index contributed by atoms with van der Waals surface area (Å²) in [7, 11) is -0.715. The van der Waals surface area contributed by atoms with Crippen molar-refractivity contribution >= 4 is 16.7 Å². The van der Waals surface area contributed by atoms with E-state index in [9.17, 15) is 4.21 Å². The molecule has 1 rings (SSSR count). The van der Waals surface area contributed by atoms with E-state index in [-0.39, 0.29) is 0 Å². The average molecular weight is 241 g/mol. The fraction of sp³-hybridized carbons (Fsp3) is 0.545. The molecule has 0 aliphatic rings. The van der Waals surface area contributed by atoms with Crippen LogP contribution in [0.2, 0.25) is 0 Å². The maximum atomic E-state index is 11.0. The minimum absolute atomic E-state index is 0.705. The van der Waals surface area contributed by atoms with Gasteiger partial charge < -0.3 is 9.88 Å². The summed E-state index contributed by atoms with van der Waals surface area (Å²) < 4.78 is 13.0. The van der Waals surface area contributed by atoms with Gasteiger partial charge in [0.2, 0.25) is 5.95 Å². The van der Waals surface area contributed by atoms with Crippen LogP contribution in [-0.2, 0) is 17.3 Å². The van der Waals surface area contributed by atoms with Crippen molar-refractivity contribution in [2.24, 2.45) is 0 Å². The van der Waals surface area contributed by atoms with E-state index in [0.29, 0.717) is 6.54 Å². The van der Waals surface area contributed by atoms with E-state index >= 15 is 0 Å². The van der Waals surface area contributed by atoms with Crippen LogP contribution in [-0.4, -0.2) is 32.3 Å². The molecule has 1 heterocycles. The Morgan fingerprint density at radius 1 is 1.69 bits per heavy atom. The lowest BCUT2D eigenvalue weighted by molar-refractivity contribution is 0.663. The van der Waals surface area contributed by atoms with Gasteiger partial charge in [-0.2, -0.15) is 0 Å². The molecule has 0 radical (unpaired) electrons. The Kier molecular flexibility index (Phi) is 5.25. The van der Waals surface area contributed by atoms with E-state index in [1.54, 1.807) is 12.3 Å². The first-order valence-corrected chi connectivity index (χ1v) is 7.04. The van der Waals surface area contributed by atoms with Gasteiger partial charge in [0.15, 0.2) is 0 Å². The molecule has 5 heteroatoms. The number of nitrogens with one attached hydrogen (secondary N) is 1. The summed E-state index contributed by atoms with van der Waals surface area (Å²) in [5.41, 5.74) is 0.990. The quantitative estimate of drug-likeness (QED) is 0.737. The third-order valence-corrected chi connectivity index (χ3v) is 3.00. The Bertz CT molecular complexity index is 373. The molecule has 0 aliphatic carbocycles. The number of rotatable bonds is 7. The van der Waals surface area contributed by atoms with Crippen LogP contribution in [0.5, 0.6) is 0 Å². The van der Waals surface area contributed by atoms with Crippen LogP contribution in [0.1, 0.15) is 12.1 Å². The van der Waals surface area contributed by atoms with E-state index in [4.69, 9.17) is 0 Å². The minimum atomic E-state index is -0.715. The van der Waals surface area contributed by atoms with Gasteiger partial charge in [0.05, 0.1) is 5.69 Å². The molecule has 90 valence electrons. The van der Waals surface area contributed by atoms with Gasteiger partial charge in [-0.25, -0.2) is 4.98 Å². The maximum Gasteiger partial charge on any atom is 0.203 e.